The first-order chi connectivity index (χ1) is 10.9. The number of sulfonamides is 1. The molecule has 1 aromatic rings. The van der Waals surface area contributed by atoms with E-state index in [1.807, 2.05) is 0 Å². The Hall–Kier alpha value is -1.93. The molecule has 24 heavy (non-hydrogen) atoms. The van der Waals surface area contributed by atoms with Crippen LogP contribution in [0.2, 0.25) is 0 Å². The van der Waals surface area contributed by atoms with Gasteiger partial charge in [-0.05, 0) is 52.3 Å². The van der Waals surface area contributed by atoms with E-state index in [-0.39, 0.29) is 29.3 Å². The Morgan fingerprint density at radius 3 is 2.42 bits per heavy atom. The monoisotopic (exact) mass is 356 g/mol. The predicted molar refractivity (Wildman–Crippen MR) is 90.3 cm³/mol. The summed E-state index contributed by atoms with van der Waals surface area (Å²) in [5, 5.41) is 11.5. The first kappa shape index (κ1) is 20.1. The molecule has 0 radical (unpaired) electrons. The third kappa shape index (κ3) is 6.29. The van der Waals surface area contributed by atoms with E-state index in [1.165, 1.54) is 24.3 Å². The SMILES string of the molecule is CC(C)NS(=O)(=O)c1cccc(C(=O)NC(C)(C)CCC(=O)O)c1. The molecule has 0 aromatic heterocycles. The van der Waals surface area contributed by atoms with Crippen molar-refractivity contribution in [3.8, 4) is 0 Å². The molecule has 1 amide bonds. The number of benzene rings is 1. The van der Waals surface area contributed by atoms with Gasteiger partial charge >= 0.3 is 5.97 Å². The van der Waals surface area contributed by atoms with Crippen molar-refractivity contribution in [3.63, 3.8) is 0 Å². The number of carboxylic acids is 1. The molecule has 3 N–H and O–H groups in total. The number of hydrogen-bond donors (Lipinski definition) is 3. The smallest absolute Gasteiger partial charge is 0.303 e. The third-order valence-electron chi connectivity index (χ3n) is 3.21. The highest BCUT2D eigenvalue weighted by Gasteiger charge is 2.23. The summed E-state index contributed by atoms with van der Waals surface area (Å²) < 4.78 is 26.8. The number of amides is 1. The van der Waals surface area contributed by atoms with E-state index in [0.29, 0.717) is 0 Å². The maximum atomic E-state index is 12.3. The fraction of sp³-hybridized carbons (Fsp3) is 0.500. The quantitative estimate of drug-likeness (QED) is 0.657. The van der Waals surface area contributed by atoms with Gasteiger partial charge in [0.2, 0.25) is 10.0 Å². The predicted octanol–water partition coefficient (Wildman–Crippen LogP) is 1.75. The standard InChI is InChI=1S/C16H24N2O5S/c1-11(2)18-24(22,23)13-7-5-6-12(10-13)15(21)17-16(3,4)9-8-14(19)20/h5-7,10-11,18H,8-9H2,1-4H3,(H,17,21)(H,19,20). The summed E-state index contributed by atoms with van der Waals surface area (Å²) in [6.07, 6.45) is 0.195. The van der Waals surface area contributed by atoms with Gasteiger partial charge in [0.15, 0.2) is 0 Å². The highest BCUT2D eigenvalue weighted by Crippen LogP contribution is 2.15. The highest BCUT2D eigenvalue weighted by atomic mass is 32.2. The lowest BCUT2D eigenvalue weighted by Gasteiger charge is -2.25. The lowest BCUT2D eigenvalue weighted by molar-refractivity contribution is -0.137. The van der Waals surface area contributed by atoms with E-state index in [4.69, 9.17) is 5.11 Å². The van der Waals surface area contributed by atoms with Gasteiger partial charge in [0, 0.05) is 23.6 Å². The van der Waals surface area contributed by atoms with Gasteiger partial charge in [0.25, 0.3) is 5.91 Å². The third-order valence-corrected chi connectivity index (χ3v) is 4.87. The van der Waals surface area contributed by atoms with Crippen LogP contribution in [-0.2, 0) is 14.8 Å². The Bertz CT molecular complexity index is 711. The number of carboxylic acid groups (broad SMARTS) is 1. The molecule has 0 unspecified atom stereocenters. The van der Waals surface area contributed by atoms with Crippen molar-refractivity contribution in [2.75, 3.05) is 0 Å². The lowest BCUT2D eigenvalue weighted by atomic mass is 9.98. The zero-order valence-electron chi connectivity index (χ0n) is 14.3. The number of carbonyl (C=O) groups excluding carboxylic acids is 1. The van der Waals surface area contributed by atoms with Crippen LogP contribution < -0.4 is 10.0 Å². The fourth-order valence-corrected chi connectivity index (χ4v) is 3.34. The zero-order valence-corrected chi connectivity index (χ0v) is 15.1. The topological polar surface area (TPSA) is 113 Å². The molecular weight excluding hydrogens is 332 g/mol. The van der Waals surface area contributed by atoms with Crippen molar-refractivity contribution in [1.82, 2.24) is 10.0 Å². The molecule has 0 heterocycles. The number of hydrogen-bond acceptors (Lipinski definition) is 4. The van der Waals surface area contributed by atoms with Crippen LogP contribution in [0.4, 0.5) is 0 Å². The van der Waals surface area contributed by atoms with Gasteiger partial charge in [0.1, 0.15) is 0 Å². The number of carbonyl (C=O) groups is 2. The summed E-state index contributed by atoms with van der Waals surface area (Å²) in [7, 11) is -3.69. The minimum Gasteiger partial charge on any atom is -0.481 e. The van der Waals surface area contributed by atoms with Crippen molar-refractivity contribution < 1.29 is 23.1 Å². The van der Waals surface area contributed by atoms with Crippen LogP contribution in [0.1, 0.15) is 50.9 Å². The Morgan fingerprint density at radius 2 is 1.88 bits per heavy atom. The fourth-order valence-electron chi connectivity index (χ4n) is 2.04. The van der Waals surface area contributed by atoms with Crippen molar-refractivity contribution >= 4 is 21.9 Å². The summed E-state index contributed by atoms with van der Waals surface area (Å²) >= 11 is 0. The maximum Gasteiger partial charge on any atom is 0.303 e. The molecule has 7 nitrogen and oxygen atoms in total. The van der Waals surface area contributed by atoms with E-state index < -0.39 is 27.4 Å². The Labute approximate surface area is 142 Å². The van der Waals surface area contributed by atoms with E-state index in [0.717, 1.165) is 0 Å². The van der Waals surface area contributed by atoms with Gasteiger partial charge in [-0.2, -0.15) is 0 Å². The second-order valence-electron chi connectivity index (χ2n) is 6.54. The van der Waals surface area contributed by atoms with Crippen molar-refractivity contribution in [3.05, 3.63) is 29.8 Å². The molecule has 0 bridgehead atoms. The van der Waals surface area contributed by atoms with Crippen LogP contribution in [-0.4, -0.2) is 37.0 Å². The van der Waals surface area contributed by atoms with E-state index in [1.54, 1.807) is 27.7 Å². The summed E-state index contributed by atoms with van der Waals surface area (Å²) in [6, 6.07) is 5.46. The molecule has 0 aliphatic heterocycles. The molecule has 0 spiro atoms. The van der Waals surface area contributed by atoms with Crippen LogP contribution in [0, 0.1) is 0 Å². The van der Waals surface area contributed by atoms with Crippen LogP contribution in [0.5, 0.6) is 0 Å². The van der Waals surface area contributed by atoms with Crippen molar-refractivity contribution in [2.24, 2.45) is 0 Å². The van der Waals surface area contributed by atoms with Gasteiger partial charge in [-0.15, -0.1) is 0 Å². The highest BCUT2D eigenvalue weighted by molar-refractivity contribution is 7.89. The molecule has 0 fully saturated rings. The normalized spacial score (nSPS) is 12.2. The van der Waals surface area contributed by atoms with Gasteiger partial charge in [-0.3, -0.25) is 9.59 Å². The summed E-state index contributed by atoms with van der Waals surface area (Å²) in [4.78, 5) is 23.0. The second-order valence-corrected chi connectivity index (χ2v) is 8.25. The Kier molecular flexibility index (Phi) is 6.50. The minimum absolute atomic E-state index is 0.00666. The maximum absolute atomic E-state index is 12.3. The molecule has 1 aromatic carbocycles. The van der Waals surface area contributed by atoms with Crippen LogP contribution >= 0.6 is 0 Å². The molecule has 0 aliphatic rings. The Balaban J connectivity index is 2.93. The zero-order chi connectivity index (χ0) is 18.5. The first-order valence-electron chi connectivity index (χ1n) is 7.60. The molecule has 8 heteroatoms. The van der Waals surface area contributed by atoms with Gasteiger partial charge < -0.3 is 10.4 Å². The van der Waals surface area contributed by atoms with Gasteiger partial charge in [0.05, 0.1) is 4.90 Å². The van der Waals surface area contributed by atoms with Crippen LogP contribution in [0.3, 0.4) is 0 Å². The number of nitrogens with one attached hydrogen (secondary N) is 2. The average molecular weight is 356 g/mol. The summed E-state index contributed by atoms with van der Waals surface area (Å²) in [5.41, 5.74) is -0.523. The van der Waals surface area contributed by atoms with E-state index >= 15 is 0 Å². The van der Waals surface area contributed by atoms with Gasteiger partial charge in [-0.1, -0.05) is 6.07 Å². The average Bonchev–Trinajstić information content (AvgIpc) is 2.44. The molecule has 0 atom stereocenters. The number of rotatable bonds is 8. The number of aliphatic carboxylic acids is 1. The molecule has 1 rings (SSSR count). The second kappa shape index (κ2) is 7.76. The molecular formula is C16H24N2O5S. The Morgan fingerprint density at radius 1 is 1.25 bits per heavy atom. The minimum atomic E-state index is -3.69. The van der Waals surface area contributed by atoms with Crippen molar-refractivity contribution in [2.45, 2.75) is 57.0 Å². The van der Waals surface area contributed by atoms with E-state index in [9.17, 15) is 18.0 Å². The first-order valence-corrected chi connectivity index (χ1v) is 9.08. The molecule has 0 aliphatic carbocycles. The van der Waals surface area contributed by atoms with E-state index in [2.05, 4.69) is 10.0 Å². The van der Waals surface area contributed by atoms with Crippen LogP contribution in [0.25, 0.3) is 0 Å². The lowest BCUT2D eigenvalue weighted by Crippen LogP contribution is -2.43. The summed E-state index contributed by atoms with van der Waals surface area (Å²) in [6.45, 7) is 6.85. The largest absolute Gasteiger partial charge is 0.481 e. The molecule has 0 saturated heterocycles. The van der Waals surface area contributed by atoms with Crippen LogP contribution in [0.15, 0.2) is 29.2 Å². The summed E-state index contributed by atoms with van der Waals surface area (Å²) in [5.74, 6) is -1.39. The van der Waals surface area contributed by atoms with Crippen molar-refractivity contribution in [1.29, 1.82) is 0 Å². The molecule has 134 valence electrons. The van der Waals surface area contributed by atoms with Gasteiger partial charge in [-0.25, -0.2) is 13.1 Å². The molecule has 0 saturated carbocycles.